The van der Waals surface area contributed by atoms with Crippen molar-refractivity contribution in [2.45, 2.75) is 52.5 Å². The summed E-state index contributed by atoms with van der Waals surface area (Å²) in [5, 5.41) is 1.21. The van der Waals surface area contributed by atoms with E-state index in [1.165, 1.54) is 38.8 Å². The molecule has 3 nitrogen and oxygen atoms in total. The molecule has 0 fully saturated rings. The maximum Gasteiger partial charge on any atom is 0.196 e. The first kappa shape index (κ1) is 21.5. The normalized spacial score (nSPS) is 16.0. The van der Waals surface area contributed by atoms with Crippen molar-refractivity contribution in [1.82, 2.24) is 4.98 Å². The first-order valence-corrected chi connectivity index (χ1v) is 11.9. The zero-order chi connectivity index (χ0) is 23.2. The van der Waals surface area contributed by atoms with Gasteiger partial charge in [-0.25, -0.2) is 4.99 Å². The van der Waals surface area contributed by atoms with E-state index >= 15 is 0 Å². The average molecular weight is 437 g/mol. The fourth-order valence-electron chi connectivity index (χ4n) is 4.73. The molecule has 1 aliphatic heterocycles. The minimum Gasteiger partial charge on any atom is -0.478 e. The third kappa shape index (κ3) is 3.97. The lowest BCUT2D eigenvalue weighted by atomic mass is 9.86. The van der Waals surface area contributed by atoms with Crippen LogP contribution in [0.2, 0.25) is 0 Å². The van der Waals surface area contributed by atoms with E-state index in [1.54, 1.807) is 0 Å². The molecule has 1 N–H and O–H groups in total. The van der Waals surface area contributed by atoms with Gasteiger partial charge in [-0.2, -0.15) is 0 Å². The minimum atomic E-state index is -0.219. The predicted molar refractivity (Wildman–Crippen MR) is 138 cm³/mol. The van der Waals surface area contributed by atoms with Crippen molar-refractivity contribution in [1.29, 1.82) is 0 Å². The van der Waals surface area contributed by atoms with Gasteiger partial charge in [0, 0.05) is 16.5 Å². The Balaban J connectivity index is 1.79. The number of aryl methyl sites for hydroxylation is 3. The molecule has 0 saturated heterocycles. The Kier molecular flexibility index (Phi) is 5.36. The molecular formula is C30H32N2O. The van der Waals surface area contributed by atoms with Crippen LogP contribution in [0.3, 0.4) is 0 Å². The van der Waals surface area contributed by atoms with Crippen molar-refractivity contribution in [2.75, 3.05) is 6.61 Å². The zero-order valence-electron chi connectivity index (χ0n) is 20.2. The molecular weight excluding hydrogens is 404 g/mol. The van der Waals surface area contributed by atoms with Gasteiger partial charge in [0.05, 0.1) is 17.2 Å². The first-order chi connectivity index (χ1) is 15.9. The van der Waals surface area contributed by atoms with E-state index < -0.39 is 0 Å². The average Bonchev–Trinajstić information content (AvgIpc) is 3.37. The van der Waals surface area contributed by atoms with Crippen LogP contribution in [-0.4, -0.2) is 23.0 Å². The van der Waals surface area contributed by atoms with Crippen molar-refractivity contribution >= 4 is 16.8 Å². The molecule has 33 heavy (non-hydrogen) atoms. The number of hydrogen-bond acceptors (Lipinski definition) is 2. The van der Waals surface area contributed by atoms with E-state index in [-0.39, 0.29) is 11.5 Å². The van der Waals surface area contributed by atoms with Crippen LogP contribution in [0.15, 0.2) is 71.7 Å². The standard InChI is InChI=1S/C30H32N2O/c1-6-21-12-15-22(16-13-21)26(29-32-30(4,5)18-33-29)27-24-9-7-8-10-25(24)31-28(27)23-14-11-19(2)20(3)17-23/h7-17,26,31H,6,18H2,1-5H3. The van der Waals surface area contributed by atoms with Crippen molar-refractivity contribution in [2.24, 2.45) is 4.99 Å². The number of aromatic amines is 1. The van der Waals surface area contributed by atoms with Crippen LogP contribution in [0, 0.1) is 13.8 Å². The molecule has 1 unspecified atom stereocenters. The number of aliphatic imine (C=N–C) groups is 1. The second kappa shape index (κ2) is 8.22. The topological polar surface area (TPSA) is 37.4 Å². The van der Waals surface area contributed by atoms with Gasteiger partial charge < -0.3 is 9.72 Å². The number of benzene rings is 3. The third-order valence-corrected chi connectivity index (χ3v) is 6.78. The monoisotopic (exact) mass is 436 g/mol. The molecule has 3 heteroatoms. The number of hydrogen-bond donors (Lipinski definition) is 1. The molecule has 1 aromatic heterocycles. The van der Waals surface area contributed by atoms with Crippen molar-refractivity contribution in [3.8, 4) is 11.3 Å². The highest BCUT2D eigenvalue weighted by atomic mass is 16.5. The van der Waals surface area contributed by atoms with Gasteiger partial charge in [0.2, 0.25) is 0 Å². The van der Waals surface area contributed by atoms with E-state index in [0.29, 0.717) is 6.61 Å². The molecule has 0 amide bonds. The molecule has 4 aromatic rings. The number of ether oxygens (including phenoxy) is 1. The van der Waals surface area contributed by atoms with Crippen molar-refractivity contribution < 1.29 is 4.74 Å². The summed E-state index contributed by atoms with van der Waals surface area (Å²) in [6, 6.07) is 24.2. The lowest BCUT2D eigenvalue weighted by Gasteiger charge is -2.20. The van der Waals surface area contributed by atoms with E-state index in [1.807, 2.05) is 0 Å². The van der Waals surface area contributed by atoms with Crippen LogP contribution in [0.4, 0.5) is 0 Å². The van der Waals surface area contributed by atoms with Crippen LogP contribution in [0.25, 0.3) is 22.2 Å². The first-order valence-electron chi connectivity index (χ1n) is 11.9. The quantitative estimate of drug-likeness (QED) is 0.349. The van der Waals surface area contributed by atoms with Crippen LogP contribution in [0.5, 0.6) is 0 Å². The van der Waals surface area contributed by atoms with Gasteiger partial charge >= 0.3 is 0 Å². The van der Waals surface area contributed by atoms with Gasteiger partial charge in [0.15, 0.2) is 5.90 Å². The second-order valence-electron chi connectivity index (χ2n) is 9.84. The molecule has 5 rings (SSSR count). The molecule has 0 saturated carbocycles. The van der Waals surface area contributed by atoms with Crippen LogP contribution in [-0.2, 0) is 11.2 Å². The SMILES string of the molecule is CCc1ccc(C(C2=NC(C)(C)CO2)c2c(-c3ccc(C)c(C)c3)[nH]c3ccccc23)cc1. The Bertz CT molecular complexity index is 1340. The third-order valence-electron chi connectivity index (χ3n) is 6.78. The largest absolute Gasteiger partial charge is 0.478 e. The lowest BCUT2D eigenvalue weighted by Crippen LogP contribution is -2.17. The van der Waals surface area contributed by atoms with Crippen LogP contribution < -0.4 is 0 Å². The van der Waals surface area contributed by atoms with E-state index in [4.69, 9.17) is 9.73 Å². The minimum absolute atomic E-state index is 0.0783. The number of rotatable bonds is 5. The molecule has 0 spiro atoms. The fourth-order valence-corrected chi connectivity index (χ4v) is 4.73. The Labute approximate surface area is 196 Å². The Morgan fingerprint density at radius 3 is 2.39 bits per heavy atom. The molecule has 0 bridgehead atoms. The highest BCUT2D eigenvalue weighted by Gasteiger charge is 2.35. The lowest BCUT2D eigenvalue weighted by molar-refractivity contribution is 0.273. The van der Waals surface area contributed by atoms with E-state index in [9.17, 15) is 0 Å². The number of nitrogens with zero attached hydrogens (tertiary/aromatic N) is 1. The summed E-state index contributed by atoms with van der Waals surface area (Å²) in [5.74, 6) is 0.726. The zero-order valence-corrected chi connectivity index (χ0v) is 20.2. The highest BCUT2D eigenvalue weighted by Crippen LogP contribution is 2.42. The van der Waals surface area contributed by atoms with Gasteiger partial charge in [0.25, 0.3) is 0 Å². The number of fused-ring (bicyclic) bond motifs is 1. The van der Waals surface area contributed by atoms with Crippen molar-refractivity contribution in [3.05, 3.63) is 94.5 Å². The highest BCUT2D eigenvalue weighted by molar-refractivity contribution is 6.00. The molecule has 0 aliphatic carbocycles. The summed E-state index contributed by atoms with van der Waals surface area (Å²) in [4.78, 5) is 8.78. The number of para-hydroxylation sites is 1. The Hall–Kier alpha value is -3.33. The predicted octanol–water partition coefficient (Wildman–Crippen LogP) is 7.35. The summed E-state index contributed by atoms with van der Waals surface area (Å²) in [5.41, 5.74) is 9.60. The summed E-state index contributed by atoms with van der Waals surface area (Å²) in [6.07, 6.45) is 1.02. The summed E-state index contributed by atoms with van der Waals surface area (Å²) < 4.78 is 6.28. The molecule has 168 valence electrons. The van der Waals surface area contributed by atoms with Crippen molar-refractivity contribution in [3.63, 3.8) is 0 Å². The molecule has 0 radical (unpaired) electrons. The summed E-state index contributed by atoms with van der Waals surface area (Å²) in [7, 11) is 0. The maximum absolute atomic E-state index is 6.28. The number of H-pyrrole nitrogens is 1. The Morgan fingerprint density at radius 1 is 0.970 bits per heavy atom. The molecule has 1 atom stereocenters. The number of nitrogens with one attached hydrogen (secondary N) is 1. The Morgan fingerprint density at radius 2 is 1.73 bits per heavy atom. The fraction of sp³-hybridized carbons (Fsp3) is 0.300. The maximum atomic E-state index is 6.28. The van der Waals surface area contributed by atoms with Gasteiger partial charge in [0.1, 0.15) is 6.61 Å². The van der Waals surface area contributed by atoms with Gasteiger partial charge in [-0.05, 0) is 74.1 Å². The molecule has 1 aliphatic rings. The summed E-state index contributed by atoms with van der Waals surface area (Å²) >= 11 is 0. The number of aromatic nitrogens is 1. The smallest absolute Gasteiger partial charge is 0.196 e. The van der Waals surface area contributed by atoms with Crippen LogP contribution >= 0.6 is 0 Å². The van der Waals surface area contributed by atoms with E-state index in [0.717, 1.165) is 23.5 Å². The van der Waals surface area contributed by atoms with Gasteiger partial charge in [-0.15, -0.1) is 0 Å². The molecule has 2 heterocycles. The van der Waals surface area contributed by atoms with E-state index in [2.05, 4.69) is 106 Å². The summed E-state index contributed by atoms with van der Waals surface area (Å²) in [6.45, 7) is 11.4. The second-order valence-corrected chi connectivity index (χ2v) is 9.84. The van der Waals surface area contributed by atoms with Gasteiger partial charge in [-0.1, -0.05) is 61.5 Å². The van der Waals surface area contributed by atoms with Gasteiger partial charge in [-0.3, -0.25) is 0 Å². The molecule has 3 aromatic carbocycles. The van der Waals surface area contributed by atoms with Crippen LogP contribution in [0.1, 0.15) is 54.5 Å².